The normalized spacial score (nSPS) is 11.4. The molecule has 2 N–H and O–H groups in total. The number of nitrogens with one attached hydrogen (secondary N) is 1. The number of aliphatic hydroxyl groups excluding tert-OH is 1. The molecule has 1 rings (SSSR count). The molecule has 1 amide bonds. The molecule has 0 atom stereocenters. The van der Waals surface area contributed by atoms with Gasteiger partial charge in [-0.05, 0) is 36.5 Å². The predicted molar refractivity (Wildman–Crippen MR) is 81.6 cm³/mol. The summed E-state index contributed by atoms with van der Waals surface area (Å²) in [5, 5.41) is 12.4. The Labute approximate surface area is 127 Å². The minimum atomic E-state index is -0.173. The SMILES string of the molecule is CC(C)(CO)CCCNC(=O)c1cc(Br)ccc1Cl. The Hall–Kier alpha value is -0.580. The number of hydrogen-bond acceptors (Lipinski definition) is 2. The van der Waals surface area contributed by atoms with Crippen LogP contribution >= 0.6 is 27.5 Å². The van der Waals surface area contributed by atoms with E-state index in [1.165, 1.54) is 0 Å². The van der Waals surface area contributed by atoms with Crippen LogP contribution < -0.4 is 5.32 Å². The van der Waals surface area contributed by atoms with E-state index >= 15 is 0 Å². The van der Waals surface area contributed by atoms with E-state index in [-0.39, 0.29) is 17.9 Å². The average molecular weight is 349 g/mol. The van der Waals surface area contributed by atoms with Crippen LogP contribution in [0.2, 0.25) is 5.02 Å². The fourth-order valence-electron chi connectivity index (χ4n) is 1.61. The number of amides is 1. The summed E-state index contributed by atoms with van der Waals surface area (Å²) in [7, 11) is 0. The highest BCUT2D eigenvalue weighted by molar-refractivity contribution is 9.10. The third kappa shape index (κ3) is 5.51. The van der Waals surface area contributed by atoms with E-state index in [4.69, 9.17) is 16.7 Å². The largest absolute Gasteiger partial charge is 0.396 e. The zero-order chi connectivity index (χ0) is 14.5. The van der Waals surface area contributed by atoms with Crippen molar-refractivity contribution < 1.29 is 9.90 Å². The Morgan fingerprint density at radius 3 is 2.79 bits per heavy atom. The highest BCUT2D eigenvalue weighted by Crippen LogP contribution is 2.22. The third-order valence-electron chi connectivity index (χ3n) is 2.92. The van der Waals surface area contributed by atoms with E-state index in [1.807, 2.05) is 13.8 Å². The van der Waals surface area contributed by atoms with Gasteiger partial charge in [0.2, 0.25) is 0 Å². The van der Waals surface area contributed by atoms with E-state index in [0.29, 0.717) is 17.1 Å². The first kappa shape index (κ1) is 16.5. The molecule has 1 aromatic rings. The number of benzene rings is 1. The summed E-state index contributed by atoms with van der Waals surface area (Å²) in [6.07, 6.45) is 1.68. The molecule has 5 heteroatoms. The first-order valence-corrected chi connectivity index (χ1v) is 7.37. The molecule has 0 heterocycles. The Kier molecular flexibility index (Phi) is 6.30. The molecule has 0 saturated heterocycles. The van der Waals surface area contributed by atoms with E-state index in [1.54, 1.807) is 18.2 Å². The fraction of sp³-hybridized carbons (Fsp3) is 0.500. The summed E-state index contributed by atoms with van der Waals surface area (Å²) >= 11 is 9.30. The quantitative estimate of drug-likeness (QED) is 0.771. The van der Waals surface area contributed by atoms with Gasteiger partial charge in [-0.1, -0.05) is 41.4 Å². The Balaban J connectivity index is 2.46. The molecule has 0 saturated carbocycles. The number of carbonyl (C=O) groups excluding carboxylic acids is 1. The molecule has 19 heavy (non-hydrogen) atoms. The Morgan fingerprint density at radius 2 is 2.16 bits per heavy atom. The molecule has 0 fully saturated rings. The van der Waals surface area contributed by atoms with Crippen LogP contribution in [0, 0.1) is 5.41 Å². The lowest BCUT2D eigenvalue weighted by Gasteiger charge is -2.21. The minimum Gasteiger partial charge on any atom is -0.396 e. The van der Waals surface area contributed by atoms with Gasteiger partial charge < -0.3 is 10.4 Å². The van der Waals surface area contributed by atoms with Crippen LogP contribution in [0.15, 0.2) is 22.7 Å². The van der Waals surface area contributed by atoms with Crippen molar-refractivity contribution in [1.82, 2.24) is 5.32 Å². The van der Waals surface area contributed by atoms with Gasteiger partial charge in [0.15, 0.2) is 0 Å². The number of halogens is 2. The second-order valence-corrected chi connectivity index (χ2v) is 6.63. The van der Waals surface area contributed by atoms with Gasteiger partial charge in [-0.2, -0.15) is 0 Å². The molecule has 0 aliphatic heterocycles. The lowest BCUT2D eigenvalue weighted by atomic mass is 9.89. The maximum Gasteiger partial charge on any atom is 0.252 e. The van der Waals surface area contributed by atoms with Gasteiger partial charge in [-0.3, -0.25) is 4.79 Å². The number of hydrogen-bond donors (Lipinski definition) is 2. The van der Waals surface area contributed by atoms with E-state index in [2.05, 4.69) is 21.2 Å². The number of carbonyl (C=O) groups is 1. The lowest BCUT2D eigenvalue weighted by molar-refractivity contribution is 0.0948. The van der Waals surface area contributed by atoms with Crippen molar-refractivity contribution in [3.8, 4) is 0 Å². The molecule has 1 aromatic carbocycles. The molecule has 3 nitrogen and oxygen atoms in total. The summed E-state index contributed by atoms with van der Waals surface area (Å²) in [5.41, 5.74) is 0.371. The second kappa shape index (κ2) is 7.27. The van der Waals surface area contributed by atoms with Crippen LogP contribution in [0.3, 0.4) is 0 Å². The Bertz CT molecular complexity index is 449. The summed E-state index contributed by atoms with van der Waals surface area (Å²) in [6.45, 7) is 4.73. The van der Waals surface area contributed by atoms with Crippen LogP contribution in [0.1, 0.15) is 37.0 Å². The molecular formula is C14H19BrClNO2. The topological polar surface area (TPSA) is 49.3 Å². The van der Waals surface area contributed by atoms with Crippen LogP contribution in [0.25, 0.3) is 0 Å². The molecule has 0 spiro atoms. The van der Waals surface area contributed by atoms with Crippen molar-refractivity contribution in [1.29, 1.82) is 0 Å². The van der Waals surface area contributed by atoms with Crippen molar-refractivity contribution in [3.63, 3.8) is 0 Å². The van der Waals surface area contributed by atoms with Gasteiger partial charge in [-0.25, -0.2) is 0 Å². The monoisotopic (exact) mass is 347 g/mol. The van der Waals surface area contributed by atoms with Crippen LogP contribution in [0.4, 0.5) is 0 Å². The van der Waals surface area contributed by atoms with Crippen molar-refractivity contribution >= 4 is 33.4 Å². The zero-order valence-electron chi connectivity index (χ0n) is 11.2. The van der Waals surface area contributed by atoms with Gasteiger partial charge in [0.25, 0.3) is 5.91 Å². The summed E-state index contributed by atoms with van der Waals surface area (Å²) in [5.74, 6) is -0.173. The Morgan fingerprint density at radius 1 is 1.47 bits per heavy atom. The molecule has 0 aliphatic carbocycles. The fourth-order valence-corrected chi connectivity index (χ4v) is 2.18. The van der Waals surface area contributed by atoms with Crippen molar-refractivity contribution in [3.05, 3.63) is 33.3 Å². The van der Waals surface area contributed by atoms with Gasteiger partial charge in [-0.15, -0.1) is 0 Å². The molecular weight excluding hydrogens is 330 g/mol. The first-order chi connectivity index (χ1) is 8.85. The van der Waals surface area contributed by atoms with Crippen molar-refractivity contribution in [2.24, 2.45) is 5.41 Å². The second-order valence-electron chi connectivity index (χ2n) is 5.31. The van der Waals surface area contributed by atoms with E-state index < -0.39 is 0 Å². The maximum atomic E-state index is 11.9. The van der Waals surface area contributed by atoms with Gasteiger partial charge in [0.05, 0.1) is 10.6 Å². The lowest BCUT2D eigenvalue weighted by Crippen LogP contribution is -2.26. The van der Waals surface area contributed by atoms with Crippen LogP contribution in [-0.2, 0) is 0 Å². The molecule has 0 bridgehead atoms. The molecule has 0 unspecified atom stereocenters. The molecule has 106 valence electrons. The van der Waals surface area contributed by atoms with Gasteiger partial charge >= 0.3 is 0 Å². The molecule has 0 aliphatic rings. The average Bonchev–Trinajstić information content (AvgIpc) is 2.37. The van der Waals surface area contributed by atoms with Crippen LogP contribution in [0.5, 0.6) is 0 Å². The third-order valence-corrected chi connectivity index (χ3v) is 3.74. The summed E-state index contributed by atoms with van der Waals surface area (Å²) in [6, 6.07) is 5.19. The first-order valence-electron chi connectivity index (χ1n) is 6.20. The zero-order valence-corrected chi connectivity index (χ0v) is 13.5. The van der Waals surface area contributed by atoms with Crippen LogP contribution in [-0.4, -0.2) is 24.2 Å². The number of aliphatic hydroxyl groups is 1. The van der Waals surface area contributed by atoms with Gasteiger partial charge in [0, 0.05) is 17.6 Å². The minimum absolute atomic E-state index is 0.0991. The van der Waals surface area contributed by atoms with E-state index in [9.17, 15) is 4.79 Å². The predicted octanol–water partition coefficient (Wildman–Crippen LogP) is 3.63. The smallest absolute Gasteiger partial charge is 0.252 e. The van der Waals surface area contributed by atoms with Crippen molar-refractivity contribution in [2.45, 2.75) is 26.7 Å². The highest BCUT2D eigenvalue weighted by Gasteiger charge is 2.16. The van der Waals surface area contributed by atoms with Gasteiger partial charge in [0.1, 0.15) is 0 Å². The molecule has 0 radical (unpaired) electrons. The van der Waals surface area contributed by atoms with Crippen molar-refractivity contribution in [2.75, 3.05) is 13.2 Å². The maximum absolute atomic E-state index is 11.9. The van der Waals surface area contributed by atoms with E-state index in [0.717, 1.165) is 17.3 Å². The highest BCUT2D eigenvalue weighted by atomic mass is 79.9. The molecule has 0 aromatic heterocycles. The number of rotatable bonds is 6. The summed E-state index contributed by atoms with van der Waals surface area (Å²) in [4.78, 5) is 11.9. The standard InChI is InChI=1S/C14H19BrClNO2/c1-14(2,9-18)6-3-7-17-13(19)11-8-10(15)4-5-12(11)16/h4-5,8,18H,3,6-7,9H2,1-2H3,(H,17,19). The summed E-state index contributed by atoms with van der Waals surface area (Å²) < 4.78 is 0.823.